The van der Waals surface area contributed by atoms with Gasteiger partial charge in [0.05, 0.1) is 11.6 Å². The number of hydrazine groups is 1. The molecule has 1 aliphatic carbocycles. The van der Waals surface area contributed by atoms with Crippen molar-refractivity contribution in [3.63, 3.8) is 0 Å². The van der Waals surface area contributed by atoms with Crippen LogP contribution in [0.15, 0.2) is 28.7 Å². The monoisotopic (exact) mass is 326 g/mol. The van der Waals surface area contributed by atoms with Gasteiger partial charge in [-0.15, -0.1) is 0 Å². The molecule has 1 atom stereocenters. The number of nitrogens with one attached hydrogen (secondary N) is 1. The van der Waals surface area contributed by atoms with Crippen LogP contribution < -0.4 is 11.3 Å². The molecule has 0 aromatic heterocycles. The quantitative estimate of drug-likeness (QED) is 0.623. The van der Waals surface area contributed by atoms with E-state index in [0.717, 1.165) is 30.3 Å². The van der Waals surface area contributed by atoms with E-state index in [4.69, 9.17) is 10.6 Å². The number of hydrogen-bond acceptors (Lipinski definition) is 3. The van der Waals surface area contributed by atoms with E-state index >= 15 is 0 Å². The molecule has 1 saturated carbocycles. The van der Waals surface area contributed by atoms with Gasteiger partial charge in [0.2, 0.25) is 0 Å². The van der Waals surface area contributed by atoms with Gasteiger partial charge in [0.1, 0.15) is 0 Å². The minimum Gasteiger partial charge on any atom is -0.374 e. The molecule has 1 fully saturated rings. The van der Waals surface area contributed by atoms with Crippen LogP contribution in [0.5, 0.6) is 0 Å². The van der Waals surface area contributed by atoms with Gasteiger partial charge in [-0.05, 0) is 43.9 Å². The second kappa shape index (κ2) is 6.84. The van der Waals surface area contributed by atoms with E-state index in [0.29, 0.717) is 0 Å². The first-order chi connectivity index (χ1) is 9.20. The standard InChI is InChI=1S/C15H23BrN2O/c1-2-19-15(8-3-4-9-15)14(18-17)11-12-6-5-7-13(16)10-12/h5-7,10,14,18H,2-4,8-9,11,17H2,1H3. The van der Waals surface area contributed by atoms with Gasteiger partial charge in [0.15, 0.2) is 0 Å². The molecule has 3 N–H and O–H groups in total. The lowest BCUT2D eigenvalue weighted by Gasteiger charge is -2.37. The first-order valence-corrected chi connectivity index (χ1v) is 7.84. The Labute approximate surface area is 124 Å². The van der Waals surface area contributed by atoms with Gasteiger partial charge in [0.25, 0.3) is 0 Å². The molecule has 0 aliphatic heterocycles. The SMILES string of the molecule is CCOC1(C(Cc2cccc(Br)c2)NN)CCCC1. The summed E-state index contributed by atoms with van der Waals surface area (Å²) in [6.45, 7) is 2.81. The van der Waals surface area contributed by atoms with Gasteiger partial charge in [-0.2, -0.15) is 0 Å². The predicted molar refractivity (Wildman–Crippen MR) is 81.8 cm³/mol. The van der Waals surface area contributed by atoms with E-state index in [9.17, 15) is 0 Å². The van der Waals surface area contributed by atoms with Crippen molar-refractivity contribution in [3.8, 4) is 0 Å². The summed E-state index contributed by atoms with van der Waals surface area (Å²) in [5, 5.41) is 0. The normalized spacial score (nSPS) is 19.5. The van der Waals surface area contributed by atoms with Crippen molar-refractivity contribution in [2.24, 2.45) is 5.84 Å². The van der Waals surface area contributed by atoms with Crippen LogP contribution in [0.1, 0.15) is 38.2 Å². The summed E-state index contributed by atoms with van der Waals surface area (Å²) in [5.41, 5.74) is 4.19. The van der Waals surface area contributed by atoms with Gasteiger partial charge in [-0.3, -0.25) is 11.3 Å². The minimum atomic E-state index is -0.0915. The second-order valence-corrected chi connectivity index (χ2v) is 6.17. The van der Waals surface area contributed by atoms with Gasteiger partial charge >= 0.3 is 0 Å². The number of hydrogen-bond donors (Lipinski definition) is 2. The molecule has 0 heterocycles. The average molecular weight is 327 g/mol. The number of nitrogens with two attached hydrogens (primary N) is 1. The van der Waals surface area contributed by atoms with E-state index in [1.807, 2.05) is 6.07 Å². The molecule has 1 unspecified atom stereocenters. The molecule has 0 spiro atoms. The lowest BCUT2D eigenvalue weighted by atomic mass is 9.87. The fourth-order valence-electron chi connectivity index (χ4n) is 3.15. The van der Waals surface area contributed by atoms with Crippen molar-refractivity contribution in [1.29, 1.82) is 0 Å². The molecule has 1 aromatic rings. The molecular weight excluding hydrogens is 304 g/mol. The highest BCUT2D eigenvalue weighted by molar-refractivity contribution is 9.10. The van der Waals surface area contributed by atoms with Gasteiger partial charge in [-0.25, -0.2) is 0 Å². The molecule has 106 valence electrons. The Hall–Kier alpha value is -0.420. The summed E-state index contributed by atoms with van der Waals surface area (Å²) in [6, 6.07) is 8.57. The fourth-order valence-corrected chi connectivity index (χ4v) is 3.60. The Morgan fingerprint density at radius 1 is 1.42 bits per heavy atom. The Bertz CT molecular complexity index is 405. The van der Waals surface area contributed by atoms with Gasteiger partial charge < -0.3 is 4.74 Å². The molecule has 0 amide bonds. The first-order valence-electron chi connectivity index (χ1n) is 7.05. The Kier molecular flexibility index (Phi) is 5.39. The van der Waals surface area contributed by atoms with Crippen LogP contribution in [0.3, 0.4) is 0 Å². The van der Waals surface area contributed by atoms with Gasteiger partial charge in [-0.1, -0.05) is 40.9 Å². The smallest absolute Gasteiger partial charge is 0.0851 e. The van der Waals surface area contributed by atoms with Crippen LogP contribution >= 0.6 is 15.9 Å². The highest BCUT2D eigenvalue weighted by Gasteiger charge is 2.41. The van der Waals surface area contributed by atoms with Crippen LogP contribution in [0, 0.1) is 0 Å². The Balaban J connectivity index is 2.14. The molecule has 1 aliphatic rings. The zero-order chi connectivity index (χ0) is 13.7. The third-order valence-corrected chi connectivity index (χ3v) is 4.54. The predicted octanol–water partition coefficient (Wildman–Crippen LogP) is 3.17. The van der Waals surface area contributed by atoms with Gasteiger partial charge in [0, 0.05) is 11.1 Å². The minimum absolute atomic E-state index is 0.0915. The highest BCUT2D eigenvalue weighted by Crippen LogP contribution is 2.37. The molecular formula is C15H23BrN2O. The Morgan fingerprint density at radius 2 is 2.16 bits per heavy atom. The van der Waals surface area contributed by atoms with Crippen LogP contribution in [0.25, 0.3) is 0 Å². The number of ether oxygens (including phenoxy) is 1. The van der Waals surface area contributed by atoms with Crippen LogP contribution in [0.2, 0.25) is 0 Å². The van der Waals surface area contributed by atoms with E-state index < -0.39 is 0 Å². The van der Waals surface area contributed by atoms with Crippen molar-refractivity contribution in [1.82, 2.24) is 5.43 Å². The Morgan fingerprint density at radius 3 is 2.74 bits per heavy atom. The van der Waals surface area contributed by atoms with Crippen molar-refractivity contribution in [2.45, 2.75) is 50.7 Å². The number of rotatable bonds is 6. The third kappa shape index (κ3) is 3.57. The summed E-state index contributed by atoms with van der Waals surface area (Å²) < 4.78 is 7.20. The lowest BCUT2D eigenvalue weighted by Crippen LogP contribution is -2.54. The number of halogens is 1. The average Bonchev–Trinajstić information content (AvgIpc) is 2.86. The maximum Gasteiger partial charge on any atom is 0.0851 e. The molecule has 2 rings (SSSR count). The second-order valence-electron chi connectivity index (χ2n) is 5.26. The number of benzene rings is 1. The van der Waals surface area contributed by atoms with Crippen molar-refractivity contribution in [2.75, 3.05) is 6.61 Å². The molecule has 0 bridgehead atoms. The summed E-state index contributed by atoms with van der Waals surface area (Å²) in [5.74, 6) is 5.81. The third-order valence-electron chi connectivity index (χ3n) is 4.05. The van der Waals surface area contributed by atoms with Crippen molar-refractivity contribution in [3.05, 3.63) is 34.3 Å². The maximum atomic E-state index is 6.09. The highest BCUT2D eigenvalue weighted by atomic mass is 79.9. The maximum absolute atomic E-state index is 6.09. The topological polar surface area (TPSA) is 47.3 Å². The molecule has 3 nitrogen and oxygen atoms in total. The fraction of sp³-hybridized carbons (Fsp3) is 0.600. The largest absolute Gasteiger partial charge is 0.374 e. The summed E-state index contributed by atoms with van der Waals surface area (Å²) in [4.78, 5) is 0. The van der Waals surface area contributed by atoms with E-state index in [-0.39, 0.29) is 11.6 Å². The molecule has 0 radical (unpaired) electrons. The molecule has 19 heavy (non-hydrogen) atoms. The van der Waals surface area contributed by atoms with Crippen molar-refractivity contribution < 1.29 is 4.74 Å². The molecule has 1 aromatic carbocycles. The summed E-state index contributed by atoms with van der Waals surface area (Å²) in [6.07, 6.45) is 5.57. The summed E-state index contributed by atoms with van der Waals surface area (Å²) in [7, 11) is 0. The van der Waals surface area contributed by atoms with Crippen LogP contribution in [-0.4, -0.2) is 18.2 Å². The van der Waals surface area contributed by atoms with E-state index in [2.05, 4.69) is 46.5 Å². The van der Waals surface area contributed by atoms with Crippen LogP contribution in [0.4, 0.5) is 0 Å². The van der Waals surface area contributed by atoms with Crippen LogP contribution in [-0.2, 0) is 11.2 Å². The van der Waals surface area contributed by atoms with E-state index in [1.165, 1.54) is 18.4 Å². The summed E-state index contributed by atoms with van der Waals surface area (Å²) >= 11 is 3.52. The zero-order valence-electron chi connectivity index (χ0n) is 11.5. The van der Waals surface area contributed by atoms with E-state index in [1.54, 1.807) is 0 Å². The first kappa shape index (κ1) is 15.0. The lowest BCUT2D eigenvalue weighted by molar-refractivity contribution is -0.0613. The zero-order valence-corrected chi connectivity index (χ0v) is 13.1. The molecule has 4 heteroatoms. The van der Waals surface area contributed by atoms with Crippen molar-refractivity contribution >= 4 is 15.9 Å². The molecule has 0 saturated heterocycles.